The summed E-state index contributed by atoms with van der Waals surface area (Å²) in [6.07, 6.45) is -2.31. The number of carbonyl (C=O) groups is 2. The van der Waals surface area contributed by atoms with Gasteiger partial charge in [-0.1, -0.05) is 4.48 Å². The molecule has 0 heterocycles. The molecule has 15 heavy (non-hydrogen) atoms. The molecule has 0 aliphatic rings. The van der Waals surface area contributed by atoms with Crippen LogP contribution in [0.1, 0.15) is 13.8 Å². The van der Waals surface area contributed by atoms with Gasteiger partial charge in [-0.2, -0.15) is 13.9 Å². The molecule has 88 valence electrons. The fourth-order valence-electron chi connectivity index (χ4n) is 0.788. The number of rotatable bonds is 4. The molecule has 0 fully saturated rings. The van der Waals surface area contributed by atoms with Gasteiger partial charge in [0, 0.05) is 6.92 Å². The minimum atomic E-state index is -4.09. The molecule has 2 atom stereocenters. The predicted octanol–water partition coefficient (Wildman–Crippen LogP) is 1.17. The number of carboxylic acid groups (broad SMARTS) is 1. The van der Waals surface area contributed by atoms with Crippen molar-refractivity contribution in [3.05, 3.63) is 0 Å². The number of aliphatic carboxylic acids is 1. The van der Waals surface area contributed by atoms with Crippen LogP contribution in [0.15, 0.2) is 0 Å². The molecule has 0 bridgehead atoms. The van der Waals surface area contributed by atoms with Crippen molar-refractivity contribution in [2.24, 2.45) is 0 Å². The van der Waals surface area contributed by atoms with E-state index in [0.29, 0.717) is 6.92 Å². The Labute approximate surface area is 82.4 Å². The Kier molecular flexibility index (Phi) is 4.06. The lowest BCUT2D eigenvalue weighted by atomic mass is 10.2. The molecule has 1 N–H and O–H groups in total. The Morgan fingerprint density at radius 2 is 1.80 bits per heavy atom. The lowest BCUT2D eigenvalue weighted by Crippen LogP contribution is -2.49. The quantitative estimate of drug-likeness (QED) is 0.583. The number of hydrogen-bond acceptors (Lipinski definition) is 2. The largest absolute Gasteiger partial charge is 0.480 e. The van der Waals surface area contributed by atoms with Crippen LogP contribution < -0.4 is 0 Å². The van der Waals surface area contributed by atoms with Crippen molar-refractivity contribution in [2.75, 3.05) is 0 Å². The van der Waals surface area contributed by atoms with E-state index in [9.17, 15) is 27.2 Å². The number of carbonyl (C=O) groups excluding carboxylic acids is 1. The monoisotopic (exact) mass is 231 g/mol. The van der Waals surface area contributed by atoms with E-state index in [4.69, 9.17) is 5.11 Å². The molecule has 0 spiro atoms. The molecule has 1 amide bonds. The fraction of sp³-hybridized carbons (Fsp3) is 0.714. The van der Waals surface area contributed by atoms with E-state index in [1.165, 1.54) is 0 Å². The van der Waals surface area contributed by atoms with E-state index in [-0.39, 0.29) is 6.92 Å². The van der Waals surface area contributed by atoms with Gasteiger partial charge >= 0.3 is 17.8 Å². The average molecular weight is 231 g/mol. The van der Waals surface area contributed by atoms with Gasteiger partial charge in [0.15, 0.2) is 6.04 Å². The van der Waals surface area contributed by atoms with Gasteiger partial charge < -0.3 is 5.11 Å². The maximum atomic E-state index is 12.8. The summed E-state index contributed by atoms with van der Waals surface area (Å²) in [7, 11) is 0. The summed E-state index contributed by atoms with van der Waals surface area (Å²) in [5.41, 5.74) is 0. The average Bonchev–Trinajstić information content (AvgIpc) is 1.99. The third-order valence-electron chi connectivity index (χ3n) is 1.50. The van der Waals surface area contributed by atoms with Crippen molar-refractivity contribution in [2.45, 2.75) is 32.0 Å². The van der Waals surface area contributed by atoms with E-state index >= 15 is 0 Å². The van der Waals surface area contributed by atoms with E-state index < -0.39 is 35.1 Å². The van der Waals surface area contributed by atoms with E-state index in [0.717, 1.165) is 0 Å². The first-order valence-electron chi connectivity index (χ1n) is 3.83. The highest BCUT2D eigenvalue weighted by atomic mass is 19.3. The molecule has 0 aromatic heterocycles. The molecular weight excluding hydrogens is 222 g/mol. The Hall–Kier alpha value is -1.34. The Morgan fingerprint density at radius 1 is 1.40 bits per heavy atom. The zero-order valence-corrected chi connectivity index (χ0v) is 7.88. The summed E-state index contributed by atoms with van der Waals surface area (Å²) in [5.74, 6) is -8.51. The van der Waals surface area contributed by atoms with Crippen LogP contribution in [0.2, 0.25) is 0 Å². The van der Waals surface area contributed by atoms with Crippen LogP contribution >= 0.6 is 0 Å². The molecular formula is C7H9F4NO3. The van der Waals surface area contributed by atoms with Gasteiger partial charge in [0.05, 0.1) is 0 Å². The summed E-state index contributed by atoms with van der Waals surface area (Å²) < 4.78 is 50.0. The van der Waals surface area contributed by atoms with Crippen LogP contribution in [0.4, 0.5) is 17.7 Å². The van der Waals surface area contributed by atoms with Crippen LogP contribution in [0.5, 0.6) is 0 Å². The van der Waals surface area contributed by atoms with Gasteiger partial charge in [0.2, 0.25) is 0 Å². The first kappa shape index (κ1) is 13.7. The minimum absolute atomic E-state index is 0.0870. The normalized spacial score (nSPS) is 15.6. The molecule has 2 unspecified atom stereocenters. The molecule has 0 radical (unpaired) electrons. The molecule has 0 aromatic rings. The highest BCUT2D eigenvalue weighted by Crippen LogP contribution is 2.20. The zero-order valence-electron chi connectivity index (χ0n) is 7.88. The second-order valence-corrected chi connectivity index (χ2v) is 2.97. The lowest BCUT2D eigenvalue weighted by Gasteiger charge is -2.23. The number of halogens is 4. The predicted molar refractivity (Wildman–Crippen MR) is 40.6 cm³/mol. The lowest BCUT2D eigenvalue weighted by molar-refractivity contribution is -0.186. The first-order chi connectivity index (χ1) is 6.59. The van der Waals surface area contributed by atoms with Gasteiger partial charge in [-0.05, 0) is 6.92 Å². The van der Waals surface area contributed by atoms with Gasteiger partial charge in [-0.25, -0.2) is 9.18 Å². The van der Waals surface area contributed by atoms with E-state index in [1.807, 2.05) is 0 Å². The van der Waals surface area contributed by atoms with Crippen molar-refractivity contribution in [3.63, 3.8) is 0 Å². The molecule has 0 aliphatic carbocycles. The standard InChI is InChI=1S/C7H9F4NO3/c1-3(8)4(5(13)14)12(11)6(15)7(2,9)10/h3-4H,1-2H3,(H,13,14). The van der Waals surface area contributed by atoms with Gasteiger partial charge in [-0.3, -0.25) is 4.79 Å². The van der Waals surface area contributed by atoms with Gasteiger partial charge in [0.1, 0.15) is 6.17 Å². The summed E-state index contributed by atoms with van der Waals surface area (Å²) in [6.45, 7) is 0.732. The van der Waals surface area contributed by atoms with Crippen molar-refractivity contribution >= 4 is 11.9 Å². The Balaban J connectivity index is 4.88. The third kappa shape index (κ3) is 3.37. The van der Waals surface area contributed by atoms with Crippen molar-refractivity contribution in [1.29, 1.82) is 0 Å². The highest BCUT2D eigenvalue weighted by Gasteiger charge is 2.44. The molecule has 0 saturated carbocycles. The summed E-state index contributed by atoms with van der Waals surface area (Å²) in [5, 5.41) is 7.01. The molecule has 0 aromatic carbocycles. The second kappa shape index (κ2) is 4.45. The number of hydrogen-bond donors (Lipinski definition) is 1. The number of alkyl halides is 3. The SMILES string of the molecule is CC(F)C(C(=O)O)N(F)C(=O)C(C)(F)F. The van der Waals surface area contributed by atoms with Crippen LogP contribution in [-0.2, 0) is 9.59 Å². The molecule has 0 saturated heterocycles. The second-order valence-electron chi connectivity index (χ2n) is 2.97. The smallest absolute Gasteiger partial charge is 0.332 e. The summed E-state index contributed by atoms with van der Waals surface area (Å²) in [6, 6.07) is -2.57. The van der Waals surface area contributed by atoms with Crippen molar-refractivity contribution in [3.8, 4) is 0 Å². The third-order valence-corrected chi connectivity index (χ3v) is 1.50. The topological polar surface area (TPSA) is 57.6 Å². The Bertz CT molecular complexity index is 263. The summed E-state index contributed by atoms with van der Waals surface area (Å²) in [4.78, 5) is 20.9. The molecule has 4 nitrogen and oxygen atoms in total. The fourth-order valence-corrected chi connectivity index (χ4v) is 0.788. The molecule has 0 rings (SSSR count). The van der Waals surface area contributed by atoms with E-state index in [1.54, 1.807) is 0 Å². The van der Waals surface area contributed by atoms with Gasteiger partial charge in [-0.15, -0.1) is 0 Å². The van der Waals surface area contributed by atoms with Crippen LogP contribution in [0.3, 0.4) is 0 Å². The van der Waals surface area contributed by atoms with Crippen molar-refractivity contribution in [1.82, 2.24) is 5.12 Å². The van der Waals surface area contributed by atoms with E-state index in [2.05, 4.69) is 0 Å². The maximum absolute atomic E-state index is 12.8. The van der Waals surface area contributed by atoms with Crippen molar-refractivity contribution < 1.29 is 32.3 Å². The first-order valence-corrected chi connectivity index (χ1v) is 3.83. The van der Waals surface area contributed by atoms with Crippen LogP contribution in [-0.4, -0.2) is 40.2 Å². The molecule has 0 aliphatic heterocycles. The van der Waals surface area contributed by atoms with Crippen LogP contribution in [0, 0.1) is 0 Å². The number of nitrogens with zero attached hydrogens (tertiary/aromatic N) is 1. The minimum Gasteiger partial charge on any atom is -0.480 e. The Morgan fingerprint density at radius 3 is 2.00 bits per heavy atom. The highest BCUT2D eigenvalue weighted by molar-refractivity contribution is 5.87. The van der Waals surface area contributed by atoms with Crippen LogP contribution in [0.25, 0.3) is 0 Å². The van der Waals surface area contributed by atoms with Gasteiger partial charge in [0.25, 0.3) is 0 Å². The number of amides is 1. The number of carboxylic acids is 1. The summed E-state index contributed by atoms with van der Waals surface area (Å²) >= 11 is 0. The maximum Gasteiger partial charge on any atom is 0.332 e. The molecule has 8 heteroatoms. The zero-order chi connectivity index (χ0) is 12.4.